The second-order valence-electron chi connectivity index (χ2n) is 3.97. The highest BCUT2D eigenvalue weighted by Crippen LogP contribution is 2.03. The number of unbranched alkanes of at least 4 members (excludes halogenated alkanes) is 2. The Bertz CT molecular complexity index is 165. The average Bonchev–Trinajstić information content (AvgIpc) is 2.16. The van der Waals surface area contributed by atoms with E-state index >= 15 is 0 Å². The smallest absolute Gasteiger partial charge is 0.303 e. The summed E-state index contributed by atoms with van der Waals surface area (Å²) in [6.07, 6.45) is 5.33. The van der Waals surface area contributed by atoms with Crippen LogP contribution in [0.3, 0.4) is 0 Å². The Hall–Kier alpha value is -0.220. The predicted molar refractivity (Wildman–Crippen MR) is 66.5 cm³/mol. The SMILES string of the molecule is CSCC(C)CNCCCCCC(=O)O. The third-order valence-electron chi connectivity index (χ3n) is 2.19. The van der Waals surface area contributed by atoms with Gasteiger partial charge in [0.25, 0.3) is 0 Å². The van der Waals surface area contributed by atoms with E-state index in [4.69, 9.17) is 5.11 Å². The average molecular weight is 233 g/mol. The summed E-state index contributed by atoms with van der Waals surface area (Å²) in [5.41, 5.74) is 0. The molecule has 3 nitrogen and oxygen atoms in total. The van der Waals surface area contributed by atoms with Crippen LogP contribution in [0.15, 0.2) is 0 Å². The lowest BCUT2D eigenvalue weighted by Gasteiger charge is -2.10. The Kier molecular flexibility index (Phi) is 10.2. The summed E-state index contributed by atoms with van der Waals surface area (Å²) in [7, 11) is 0. The van der Waals surface area contributed by atoms with E-state index in [1.165, 1.54) is 5.75 Å². The van der Waals surface area contributed by atoms with Gasteiger partial charge in [-0.2, -0.15) is 11.8 Å². The second-order valence-corrected chi connectivity index (χ2v) is 4.88. The van der Waals surface area contributed by atoms with Crippen LogP contribution in [0, 0.1) is 5.92 Å². The van der Waals surface area contributed by atoms with E-state index in [9.17, 15) is 4.79 Å². The van der Waals surface area contributed by atoms with Crippen LogP contribution in [0.25, 0.3) is 0 Å². The molecule has 1 unspecified atom stereocenters. The normalized spacial score (nSPS) is 12.7. The number of carbonyl (C=O) groups is 1. The van der Waals surface area contributed by atoms with Crippen LogP contribution in [-0.4, -0.2) is 36.2 Å². The molecule has 0 spiro atoms. The van der Waals surface area contributed by atoms with Crippen LogP contribution in [0.5, 0.6) is 0 Å². The first kappa shape index (κ1) is 14.8. The van der Waals surface area contributed by atoms with Crippen molar-refractivity contribution in [1.29, 1.82) is 0 Å². The molecule has 0 aromatic heterocycles. The number of hydrogen-bond donors (Lipinski definition) is 2. The molecule has 1 atom stereocenters. The number of rotatable bonds is 10. The van der Waals surface area contributed by atoms with Gasteiger partial charge in [-0.05, 0) is 43.9 Å². The van der Waals surface area contributed by atoms with Gasteiger partial charge >= 0.3 is 5.97 Å². The number of nitrogens with one attached hydrogen (secondary N) is 1. The molecule has 0 aliphatic carbocycles. The Labute approximate surface area is 97.0 Å². The van der Waals surface area contributed by atoms with Crippen molar-refractivity contribution in [3.63, 3.8) is 0 Å². The molecule has 0 fully saturated rings. The summed E-state index contributed by atoms with van der Waals surface area (Å²) in [6, 6.07) is 0. The highest BCUT2D eigenvalue weighted by atomic mass is 32.2. The minimum absolute atomic E-state index is 0.308. The molecule has 90 valence electrons. The van der Waals surface area contributed by atoms with Crippen LogP contribution in [0.4, 0.5) is 0 Å². The minimum Gasteiger partial charge on any atom is -0.481 e. The van der Waals surface area contributed by atoms with E-state index in [1.54, 1.807) is 0 Å². The number of thioether (sulfide) groups is 1. The fourth-order valence-electron chi connectivity index (χ4n) is 1.39. The molecule has 0 bridgehead atoms. The van der Waals surface area contributed by atoms with Crippen molar-refractivity contribution >= 4 is 17.7 Å². The molecule has 0 heterocycles. The van der Waals surface area contributed by atoms with E-state index in [1.807, 2.05) is 11.8 Å². The van der Waals surface area contributed by atoms with Gasteiger partial charge in [-0.3, -0.25) is 4.79 Å². The Morgan fingerprint density at radius 1 is 1.40 bits per heavy atom. The lowest BCUT2D eigenvalue weighted by molar-refractivity contribution is -0.137. The quantitative estimate of drug-likeness (QED) is 0.568. The molecule has 15 heavy (non-hydrogen) atoms. The van der Waals surface area contributed by atoms with Crippen LogP contribution in [0.2, 0.25) is 0 Å². The zero-order valence-electron chi connectivity index (χ0n) is 9.79. The summed E-state index contributed by atoms with van der Waals surface area (Å²) in [5, 5.41) is 11.8. The molecule has 2 N–H and O–H groups in total. The minimum atomic E-state index is -0.684. The summed E-state index contributed by atoms with van der Waals surface area (Å²) in [6.45, 7) is 4.33. The first-order valence-corrected chi connectivity index (χ1v) is 6.97. The molecule has 0 radical (unpaired) electrons. The third kappa shape index (κ3) is 11.7. The molecule has 4 heteroatoms. The maximum Gasteiger partial charge on any atom is 0.303 e. The zero-order chi connectivity index (χ0) is 11.5. The molecule has 0 aliphatic rings. The standard InChI is InChI=1S/C11H23NO2S/c1-10(9-15-2)8-12-7-5-3-4-6-11(13)14/h10,12H,3-9H2,1-2H3,(H,13,14). The highest BCUT2D eigenvalue weighted by molar-refractivity contribution is 7.98. The zero-order valence-corrected chi connectivity index (χ0v) is 10.6. The first-order chi connectivity index (χ1) is 7.16. The van der Waals surface area contributed by atoms with Gasteiger partial charge in [0.1, 0.15) is 0 Å². The Morgan fingerprint density at radius 2 is 2.13 bits per heavy atom. The van der Waals surface area contributed by atoms with Gasteiger partial charge in [-0.25, -0.2) is 0 Å². The molecule has 0 aromatic rings. The van der Waals surface area contributed by atoms with Crippen LogP contribution in [0.1, 0.15) is 32.6 Å². The van der Waals surface area contributed by atoms with E-state index in [2.05, 4.69) is 18.5 Å². The van der Waals surface area contributed by atoms with Gasteiger partial charge in [-0.1, -0.05) is 13.3 Å². The summed E-state index contributed by atoms with van der Waals surface area (Å²) < 4.78 is 0. The molecular formula is C11H23NO2S. The van der Waals surface area contributed by atoms with Crippen molar-refractivity contribution in [2.24, 2.45) is 5.92 Å². The van der Waals surface area contributed by atoms with Crippen LogP contribution in [-0.2, 0) is 4.79 Å². The molecule has 0 aromatic carbocycles. The van der Waals surface area contributed by atoms with Crippen molar-refractivity contribution in [2.75, 3.05) is 25.1 Å². The molecule has 0 saturated carbocycles. The maximum atomic E-state index is 10.2. The van der Waals surface area contributed by atoms with E-state index in [0.717, 1.165) is 38.3 Å². The number of hydrogen-bond acceptors (Lipinski definition) is 3. The van der Waals surface area contributed by atoms with Gasteiger partial charge in [0.2, 0.25) is 0 Å². The van der Waals surface area contributed by atoms with Gasteiger partial charge < -0.3 is 10.4 Å². The molecule has 0 aliphatic heterocycles. The Balaban J connectivity index is 3.07. The molecule has 0 saturated heterocycles. The van der Waals surface area contributed by atoms with Crippen molar-refractivity contribution in [2.45, 2.75) is 32.6 Å². The largest absolute Gasteiger partial charge is 0.481 e. The topological polar surface area (TPSA) is 49.3 Å². The summed E-state index contributed by atoms with van der Waals surface area (Å²) >= 11 is 1.88. The van der Waals surface area contributed by atoms with Crippen LogP contribution >= 0.6 is 11.8 Å². The maximum absolute atomic E-state index is 10.2. The van der Waals surface area contributed by atoms with Crippen LogP contribution < -0.4 is 5.32 Å². The second kappa shape index (κ2) is 10.3. The number of carboxylic acid groups (broad SMARTS) is 1. The highest BCUT2D eigenvalue weighted by Gasteiger charge is 2.00. The third-order valence-corrected chi connectivity index (χ3v) is 3.09. The van der Waals surface area contributed by atoms with Crippen molar-refractivity contribution in [3.05, 3.63) is 0 Å². The summed E-state index contributed by atoms with van der Waals surface area (Å²) in [4.78, 5) is 10.2. The predicted octanol–water partition coefficient (Wildman–Crippen LogP) is 2.22. The summed E-state index contributed by atoms with van der Waals surface area (Å²) in [5.74, 6) is 1.24. The Morgan fingerprint density at radius 3 is 2.73 bits per heavy atom. The molecular weight excluding hydrogens is 210 g/mol. The van der Waals surface area contributed by atoms with Crippen molar-refractivity contribution in [3.8, 4) is 0 Å². The van der Waals surface area contributed by atoms with Crippen molar-refractivity contribution in [1.82, 2.24) is 5.32 Å². The van der Waals surface area contributed by atoms with Gasteiger partial charge in [0.05, 0.1) is 0 Å². The monoisotopic (exact) mass is 233 g/mol. The fraction of sp³-hybridized carbons (Fsp3) is 0.909. The van der Waals surface area contributed by atoms with Gasteiger partial charge in [0.15, 0.2) is 0 Å². The molecule has 0 rings (SSSR count). The number of carboxylic acids is 1. The molecule has 0 amide bonds. The van der Waals surface area contributed by atoms with E-state index in [0.29, 0.717) is 6.42 Å². The fourth-order valence-corrected chi connectivity index (χ4v) is 2.08. The lowest BCUT2D eigenvalue weighted by atomic mass is 10.2. The first-order valence-electron chi connectivity index (χ1n) is 5.58. The van der Waals surface area contributed by atoms with Gasteiger partial charge in [0, 0.05) is 6.42 Å². The van der Waals surface area contributed by atoms with Gasteiger partial charge in [-0.15, -0.1) is 0 Å². The van der Waals surface area contributed by atoms with Crippen molar-refractivity contribution < 1.29 is 9.90 Å². The van der Waals surface area contributed by atoms with E-state index < -0.39 is 5.97 Å². The number of aliphatic carboxylic acids is 1. The van der Waals surface area contributed by atoms with E-state index in [-0.39, 0.29) is 0 Å². The lowest BCUT2D eigenvalue weighted by Crippen LogP contribution is -2.23.